The lowest BCUT2D eigenvalue weighted by atomic mass is 9.99. The zero-order chi connectivity index (χ0) is 14.4. The Morgan fingerprint density at radius 2 is 1.90 bits per heavy atom. The molecule has 4 heteroatoms. The first-order valence-electron chi connectivity index (χ1n) is 6.81. The molecule has 0 spiro atoms. The Morgan fingerprint density at radius 1 is 1.10 bits per heavy atom. The lowest BCUT2D eigenvalue weighted by molar-refractivity contribution is 0.280. The molecular formula is C17H13Cl2NO. The average molecular weight is 318 g/mol. The first-order chi connectivity index (χ1) is 10.2. The molecule has 4 rings (SSSR count). The molecule has 1 unspecified atom stereocenters. The first kappa shape index (κ1) is 13.2. The number of ether oxygens (including phenoxy) is 1. The van der Waals surface area contributed by atoms with Crippen LogP contribution >= 0.6 is 23.2 Å². The SMILES string of the molecule is Clc1ccc(C2(Cn3ccc4ccccc43)CO2)c(Cl)c1. The van der Waals surface area contributed by atoms with Crippen LogP contribution in [0, 0.1) is 0 Å². The van der Waals surface area contributed by atoms with Gasteiger partial charge in [-0.15, -0.1) is 0 Å². The highest BCUT2D eigenvalue weighted by Gasteiger charge is 2.48. The second-order valence-corrected chi connectivity index (χ2v) is 6.25. The average Bonchev–Trinajstić information content (AvgIpc) is 3.13. The minimum Gasteiger partial charge on any atom is -0.362 e. The van der Waals surface area contributed by atoms with E-state index in [-0.39, 0.29) is 5.60 Å². The molecule has 3 aromatic rings. The van der Waals surface area contributed by atoms with Crippen molar-refractivity contribution in [2.45, 2.75) is 12.1 Å². The Bertz CT molecular complexity index is 821. The lowest BCUT2D eigenvalue weighted by Gasteiger charge is -2.16. The lowest BCUT2D eigenvalue weighted by Crippen LogP contribution is -2.17. The summed E-state index contributed by atoms with van der Waals surface area (Å²) in [6.07, 6.45) is 2.10. The van der Waals surface area contributed by atoms with Gasteiger partial charge in [-0.3, -0.25) is 0 Å². The van der Waals surface area contributed by atoms with Crippen molar-refractivity contribution < 1.29 is 4.74 Å². The van der Waals surface area contributed by atoms with Gasteiger partial charge in [-0.25, -0.2) is 0 Å². The summed E-state index contributed by atoms with van der Waals surface area (Å²) in [6, 6.07) is 16.0. The van der Waals surface area contributed by atoms with Crippen LogP contribution in [-0.2, 0) is 16.9 Å². The van der Waals surface area contributed by atoms with E-state index >= 15 is 0 Å². The highest BCUT2D eigenvalue weighted by Crippen LogP contribution is 2.44. The Morgan fingerprint density at radius 3 is 2.67 bits per heavy atom. The molecule has 1 atom stereocenters. The standard InChI is InChI=1S/C17H13Cl2NO/c18-13-5-6-14(15(19)9-13)17(11-21-17)10-20-8-7-12-3-1-2-4-16(12)20/h1-9H,10-11H2. The number of aromatic nitrogens is 1. The molecule has 2 nitrogen and oxygen atoms in total. The van der Waals surface area contributed by atoms with Crippen LogP contribution in [0.15, 0.2) is 54.7 Å². The molecule has 0 bridgehead atoms. The number of hydrogen-bond donors (Lipinski definition) is 0. The molecule has 1 fully saturated rings. The molecule has 0 radical (unpaired) electrons. The van der Waals surface area contributed by atoms with E-state index in [1.165, 1.54) is 10.9 Å². The summed E-state index contributed by atoms with van der Waals surface area (Å²) in [5, 5.41) is 2.54. The summed E-state index contributed by atoms with van der Waals surface area (Å²) in [7, 11) is 0. The normalized spacial score (nSPS) is 20.9. The van der Waals surface area contributed by atoms with Gasteiger partial charge < -0.3 is 9.30 Å². The smallest absolute Gasteiger partial charge is 0.136 e. The van der Waals surface area contributed by atoms with E-state index in [4.69, 9.17) is 27.9 Å². The molecule has 0 amide bonds. The fraction of sp³-hybridized carbons (Fsp3) is 0.176. The van der Waals surface area contributed by atoms with Crippen LogP contribution in [0.3, 0.4) is 0 Å². The Balaban J connectivity index is 1.73. The summed E-state index contributed by atoms with van der Waals surface area (Å²) >= 11 is 12.3. The van der Waals surface area contributed by atoms with E-state index in [0.29, 0.717) is 16.7 Å². The zero-order valence-corrected chi connectivity index (χ0v) is 12.7. The van der Waals surface area contributed by atoms with Crippen molar-refractivity contribution in [2.24, 2.45) is 0 Å². The number of fused-ring (bicyclic) bond motifs is 1. The topological polar surface area (TPSA) is 17.5 Å². The second-order valence-electron chi connectivity index (χ2n) is 5.41. The third kappa shape index (κ3) is 2.24. The number of para-hydroxylation sites is 1. The summed E-state index contributed by atoms with van der Waals surface area (Å²) in [5.41, 5.74) is 1.88. The second kappa shape index (κ2) is 4.77. The minimum absolute atomic E-state index is 0.330. The number of nitrogens with zero attached hydrogens (tertiary/aromatic N) is 1. The predicted molar refractivity (Wildman–Crippen MR) is 86.0 cm³/mol. The van der Waals surface area contributed by atoms with E-state index in [0.717, 1.165) is 12.1 Å². The van der Waals surface area contributed by atoms with Gasteiger partial charge in [0.2, 0.25) is 0 Å². The fourth-order valence-corrected chi connectivity index (χ4v) is 3.41. The van der Waals surface area contributed by atoms with Crippen molar-refractivity contribution in [1.29, 1.82) is 0 Å². The highest BCUT2D eigenvalue weighted by molar-refractivity contribution is 6.35. The van der Waals surface area contributed by atoms with Gasteiger partial charge in [0.05, 0.1) is 13.2 Å². The monoisotopic (exact) mass is 317 g/mol. The number of halogens is 2. The van der Waals surface area contributed by atoms with Crippen molar-refractivity contribution >= 4 is 34.1 Å². The van der Waals surface area contributed by atoms with Gasteiger partial charge in [-0.1, -0.05) is 47.5 Å². The quantitative estimate of drug-likeness (QED) is 0.630. The maximum absolute atomic E-state index is 6.34. The molecule has 1 aliphatic rings. The maximum Gasteiger partial charge on any atom is 0.136 e. The van der Waals surface area contributed by atoms with Gasteiger partial charge in [-0.2, -0.15) is 0 Å². The molecule has 2 heterocycles. The highest BCUT2D eigenvalue weighted by atomic mass is 35.5. The van der Waals surface area contributed by atoms with Crippen LogP contribution in [-0.4, -0.2) is 11.2 Å². The Kier molecular flexibility index (Phi) is 3.00. The third-order valence-corrected chi connectivity index (χ3v) is 4.57. The number of benzene rings is 2. The largest absolute Gasteiger partial charge is 0.362 e. The van der Waals surface area contributed by atoms with Crippen molar-refractivity contribution in [3.63, 3.8) is 0 Å². The molecule has 0 saturated carbocycles. The zero-order valence-electron chi connectivity index (χ0n) is 11.2. The van der Waals surface area contributed by atoms with Crippen LogP contribution in [0.1, 0.15) is 5.56 Å². The van der Waals surface area contributed by atoms with E-state index in [1.807, 2.05) is 18.2 Å². The van der Waals surface area contributed by atoms with Crippen molar-refractivity contribution in [3.8, 4) is 0 Å². The van der Waals surface area contributed by atoms with E-state index in [9.17, 15) is 0 Å². The van der Waals surface area contributed by atoms with Crippen LogP contribution in [0.25, 0.3) is 10.9 Å². The van der Waals surface area contributed by atoms with Gasteiger partial charge in [0.25, 0.3) is 0 Å². The van der Waals surface area contributed by atoms with E-state index in [2.05, 4.69) is 35.0 Å². The number of hydrogen-bond acceptors (Lipinski definition) is 1. The fourth-order valence-electron chi connectivity index (χ4n) is 2.83. The summed E-state index contributed by atoms with van der Waals surface area (Å²) < 4.78 is 7.99. The first-order valence-corrected chi connectivity index (χ1v) is 7.57. The molecule has 0 N–H and O–H groups in total. The molecular weight excluding hydrogens is 305 g/mol. The van der Waals surface area contributed by atoms with Crippen LogP contribution < -0.4 is 0 Å². The minimum atomic E-state index is -0.330. The van der Waals surface area contributed by atoms with E-state index < -0.39 is 0 Å². The molecule has 1 aromatic heterocycles. The molecule has 1 aliphatic heterocycles. The summed E-state index contributed by atoms with van der Waals surface area (Å²) in [6.45, 7) is 1.43. The van der Waals surface area contributed by atoms with Crippen LogP contribution in [0.5, 0.6) is 0 Å². The summed E-state index contributed by atoms with van der Waals surface area (Å²) in [4.78, 5) is 0. The third-order valence-electron chi connectivity index (χ3n) is 4.02. The van der Waals surface area contributed by atoms with Gasteiger partial charge in [0.15, 0.2) is 0 Å². The maximum atomic E-state index is 6.34. The molecule has 106 valence electrons. The number of rotatable bonds is 3. The van der Waals surface area contributed by atoms with Crippen LogP contribution in [0.2, 0.25) is 10.0 Å². The summed E-state index contributed by atoms with van der Waals surface area (Å²) in [5.74, 6) is 0. The van der Waals surface area contributed by atoms with Gasteiger partial charge in [0.1, 0.15) is 5.60 Å². The van der Waals surface area contributed by atoms with Crippen molar-refractivity contribution in [3.05, 3.63) is 70.3 Å². The molecule has 1 saturated heterocycles. The van der Waals surface area contributed by atoms with Crippen LogP contribution in [0.4, 0.5) is 0 Å². The van der Waals surface area contributed by atoms with Gasteiger partial charge in [0, 0.05) is 27.3 Å². The predicted octanol–water partition coefficient (Wildman–Crippen LogP) is 4.87. The Labute approximate surface area is 132 Å². The Hall–Kier alpha value is -1.48. The van der Waals surface area contributed by atoms with Crippen molar-refractivity contribution in [2.75, 3.05) is 6.61 Å². The molecule has 0 aliphatic carbocycles. The molecule has 21 heavy (non-hydrogen) atoms. The van der Waals surface area contributed by atoms with Gasteiger partial charge in [-0.05, 0) is 29.7 Å². The van der Waals surface area contributed by atoms with Gasteiger partial charge >= 0.3 is 0 Å². The van der Waals surface area contributed by atoms with Crippen molar-refractivity contribution in [1.82, 2.24) is 4.57 Å². The van der Waals surface area contributed by atoms with E-state index in [1.54, 1.807) is 6.07 Å². The number of epoxide rings is 1. The molecule has 2 aromatic carbocycles.